The van der Waals surface area contributed by atoms with E-state index in [4.69, 9.17) is 9.15 Å². The van der Waals surface area contributed by atoms with Crippen molar-refractivity contribution >= 4 is 32.4 Å². The summed E-state index contributed by atoms with van der Waals surface area (Å²) in [5.41, 5.74) is 0.642. The van der Waals surface area contributed by atoms with Gasteiger partial charge in [0.05, 0.1) is 11.2 Å². The highest BCUT2D eigenvalue weighted by Crippen LogP contribution is 2.26. The molecule has 192 valence electrons. The highest BCUT2D eigenvalue weighted by Gasteiger charge is 2.21. The number of furan rings is 1. The van der Waals surface area contributed by atoms with Gasteiger partial charge in [-0.15, -0.1) is 0 Å². The fraction of sp³-hybridized carbons (Fsp3) is 0.100. The van der Waals surface area contributed by atoms with Gasteiger partial charge in [0.15, 0.2) is 5.76 Å². The maximum atomic E-state index is 13.2. The highest BCUT2D eigenvalue weighted by atomic mass is 32.2. The van der Waals surface area contributed by atoms with Crippen LogP contribution < -0.4 is 14.4 Å². The second-order valence-corrected chi connectivity index (χ2v) is 10.3. The number of hydrogen-bond donors (Lipinski definition) is 1. The van der Waals surface area contributed by atoms with Gasteiger partial charge in [-0.3, -0.25) is 4.79 Å². The molecule has 5 rings (SSSR count). The Hall–Kier alpha value is -4.40. The Morgan fingerprint density at radius 3 is 2.26 bits per heavy atom. The van der Waals surface area contributed by atoms with Crippen LogP contribution in [0, 0.1) is 0 Å². The Balaban J connectivity index is 1.28. The molecule has 1 amide bonds. The first-order valence-electron chi connectivity index (χ1n) is 12.2. The lowest BCUT2D eigenvalue weighted by Crippen LogP contribution is -2.34. The molecule has 7 nitrogen and oxygen atoms in total. The molecule has 0 spiro atoms. The number of nitrogens with zero attached hydrogens (tertiary/aromatic N) is 1. The van der Waals surface area contributed by atoms with Gasteiger partial charge in [0, 0.05) is 24.2 Å². The molecular weight excluding hydrogens is 500 g/mol. The van der Waals surface area contributed by atoms with E-state index in [1.807, 2.05) is 54.6 Å². The Labute approximate surface area is 221 Å². The largest absolute Gasteiger partial charge is 0.459 e. The Kier molecular flexibility index (Phi) is 7.53. The second-order valence-electron chi connectivity index (χ2n) is 8.57. The molecule has 0 atom stereocenters. The van der Waals surface area contributed by atoms with Crippen molar-refractivity contribution in [2.24, 2.45) is 0 Å². The van der Waals surface area contributed by atoms with Crippen molar-refractivity contribution in [1.29, 1.82) is 0 Å². The number of fused-ring (bicyclic) bond motifs is 1. The van der Waals surface area contributed by atoms with E-state index in [-0.39, 0.29) is 29.7 Å². The molecule has 1 aromatic heterocycles. The molecule has 0 aliphatic rings. The maximum Gasteiger partial charge on any atom is 0.293 e. The zero-order valence-corrected chi connectivity index (χ0v) is 21.3. The molecule has 5 aromatic rings. The minimum atomic E-state index is -3.74. The van der Waals surface area contributed by atoms with Crippen LogP contribution in [0.3, 0.4) is 0 Å². The van der Waals surface area contributed by atoms with Crippen molar-refractivity contribution in [3.63, 3.8) is 0 Å². The molecule has 8 heteroatoms. The van der Waals surface area contributed by atoms with E-state index in [1.54, 1.807) is 59.5 Å². The smallest absolute Gasteiger partial charge is 0.293 e. The predicted molar refractivity (Wildman–Crippen MR) is 147 cm³/mol. The van der Waals surface area contributed by atoms with Crippen LogP contribution in [0.2, 0.25) is 0 Å². The second kappa shape index (κ2) is 11.3. The SMILES string of the molecule is O=C(c1ccco1)N(CCCNS(=O)(=O)c1cccc2ccccc12)c1ccc(Oc2ccccc2)cc1. The number of sulfonamides is 1. The summed E-state index contributed by atoms with van der Waals surface area (Å²) in [5.74, 6) is 1.23. The Morgan fingerprint density at radius 2 is 1.50 bits per heavy atom. The minimum absolute atomic E-state index is 0.155. The number of amides is 1. The van der Waals surface area contributed by atoms with E-state index >= 15 is 0 Å². The Morgan fingerprint density at radius 1 is 0.789 bits per heavy atom. The molecule has 38 heavy (non-hydrogen) atoms. The molecule has 0 aliphatic heterocycles. The number of carbonyl (C=O) groups excluding carboxylic acids is 1. The van der Waals surface area contributed by atoms with Gasteiger partial charge in [-0.2, -0.15) is 0 Å². The van der Waals surface area contributed by atoms with Crippen LogP contribution in [0.1, 0.15) is 17.0 Å². The number of ether oxygens (including phenoxy) is 1. The van der Waals surface area contributed by atoms with Crippen molar-refractivity contribution in [3.8, 4) is 11.5 Å². The number of rotatable bonds is 10. The molecule has 1 heterocycles. The van der Waals surface area contributed by atoms with E-state index in [0.29, 0.717) is 29.0 Å². The first-order chi connectivity index (χ1) is 18.5. The molecule has 4 aromatic carbocycles. The molecule has 0 unspecified atom stereocenters. The lowest BCUT2D eigenvalue weighted by Gasteiger charge is -2.22. The van der Waals surface area contributed by atoms with Crippen LogP contribution in [0.4, 0.5) is 5.69 Å². The fourth-order valence-corrected chi connectivity index (χ4v) is 5.45. The first-order valence-corrected chi connectivity index (χ1v) is 13.7. The number of benzene rings is 4. The van der Waals surface area contributed by atoms with Crippen molar-refractivity contribution in [1.82, 2.24) is 4.72 Å². The zero-order chi connectivity index (χ0) is 26.4. The van der Waals surface area contributed by atoms with Crippen LogP contribution in [0.5, 0.6) is 11.5 Å². The van der Waals surface area contributed by atoms with Gasteiger partial charge in [0.25, 0.3) is 5.91 Å². The number of carbonyl (C=O) groups is 1. The van der Waals surface area contributed by atoms with Gasteiger partial charge in [0.1, 0.15) is 11.5 Å². The molecular formula is C30H26N2O5S. The number of nitrogens with one attached hydrogen (secondary N) is 1. The van der Waals surface area contributed by atoms with Gasteiger partial charge in [0.2, 0.25) is 10.0 Å². The van der Waals surface area contributed by atoms with Gasteiger partial charge < -0.3 is 14.1 Å². The number of para-hydroxylation sites is 1. The van der Waals surface area contributed by atoms with Gasteiger partial charge in [-0.25, -0.2) is 13.1 Å². The molecule has 0 bridgehead atoms. The highest BCUT2D eigenvalue weighted by molar-refractivity contribution is 7.89. The summed E-state index contributed by atoms with van der Waals surface area (Å²) < 4.78 is 40.0. The van der Waals surface area contributed by atoms with Gasteiger partial charge >= 0.3 is 0 Å². The van der Waals surface area contributed by atoms with E-state index in [2.05, 4.69) is 4.72 Å². The Bertz CT molecular complexity index is 1610. The monoisotopic (exact) mass is 526 g/mol. The number of anilines is 1. The van der Waals surface area contributed by atoms with E-state index in [9.17, 15) is 13.2 Å². The van der Waals surface area contributed by atoms with Crippen LogP contribution in [0.25, 0.3) is 10.8 Å². The van der Waals surface area contributed by atoms with Crippen LogP contribution in [0.15, 0.2) is 125 Å². The fourth-order valence-electron chi connectivity index (χ4n) is 4.15. The van der Waals surface area contributed by atoms with Crippen LogP contribution in [-0.4, -0.2) is 27.4 Å². The summed E-state index contributed by atoms with van der Waals surface area (Å²) >= 11 is 0. The van der Waals surface area contributed by atoms with Gasteiger partial charge in [-0.1, -0.05) is 54.6 Å². The lowest BCUT2D eigenvalue weighted by atomic mass is 10.1. The topological polar surface area (TPSA) is 88.9 Å². The summed E-state index contributed by atoms with van der Waals surface area (Å²) in [5, 5.41) is 1.51. The van der Waals surface area contributed by atoms with E-state index in [1.165, 1.54) is 6.26 Å². The van der Waals surface area contributed by atoms with Crippen molar-refractivity contribution in [2.45, 2.75) is 11.3 Å². The van der Waals surface area contributed by atoms with Crippen molar-refractivity contribution in [2.75, 3.05) is 18.0 Å². The summed E-state index contributed by atoms with van der Waals surface area (Å²) in [4.78, 5) is 15.0. The minimum Gasteiger partial charge on any atom is -0.459 e. The first kappa shape index (κ1) is 25.3. The summed E-state index contributed by atoms with van der Waals surface area (Å²) in [6, 6.07) is 32.4. The van der Waals surface area contributed by atoms with Crippen molar-refractivity contribution < 1.29 is 22.4 Å². The normalized spacial score (nSPS) is 11.4. The third-order valence-corrected chi connectivity index (χ3v) is 7.51. The number of hydrogen-bond acceptors (Lipinski definition) is 5. The predicted octanol–water partition coefficient (Wildman–Crippen LogP) is 6.24. The summed E-state index contributed by atoms with van der Waals surface area (Å²) in [7, 11) is -3.74. The molecule has 1 N–H and O–H groups in total. The quantitative estimate of drug-likeness (QED) is 0.218. The third kappa shape index (κ3) is 5.77. The average Bonchev–Trinajstić information content (AvgIpc) is 3.49. The molecule has 0 saturated heterocycles. The van der Waals surface area contributed by atoms with E-state index < -0.39 is 10.0 Å². The summed E-state index contributed by atoms with van der Waals surface area (Å²) in [6.45, 7) is 0.430. The van der Waals surface area contributed by atoms with Crippen molar-refractivity contribution in [3.05, 3.63) is 121 Å². The van der Waals surface area contributed by atoms with Crippen LogP contribution in [-0.2, 0) is 10.0 Å². The van der Waals surface area contributed by atoms with Gasteiger partial charge in [-0.05, 0) is 66.4 Å². The molecule has 0 radical (unpaired) electrons. The summed E-state index contributed by atoms with van der Waals surface area (Å²) in [6.07, 6.45) is 1.83. The standard InChI is InChI=1S/C30H26N2O5S/c33-30(28-14-7-22-36-28)32(24-16-18-26(19-17-24)37-25-11-2-1-3-12-25)21-8-20-31-38(34,35)29-15-6-10-23-9-4-5-13-27(23)29/h1-7,9-19,22,31H,8,20-21H2. The maximum absolute atomic E-state index is 13.2. The lowest BCUT2D eigenvalue weighted by molar-refractivity contribution is 0.0960. The molecule has 0 saturated carbocycles. The average molecular weight is 527 g/mol. The molecule has 0 aliphatic carbocycles. The third-order valence-electron chi connectivity index (χ3n) is 5.99. The zero-order valence-electron chi connectivity index (χ0n) is 20.5. The van der Waals surface area contributed by atoms with Crippen LogP contribution >= 0.6 is 0 Å². The molecule has 0 fully saturated rings. The van der Waals surface area contributed by atoms with E-state index in [0.717, 1.165) is 5.39 Å².